The second kappa shape index (κ2) is 6.62. The molecule has 1 atom stereocenters. The average molecular weight is 256 g/mol. The predicted octanol–water partition coefficient (Wildman–Crippen LogP) is 2.25. The van der Waals surface area contributed by atoms with E-state index in [0.717, 1.165) is 25.1 Å². The normalized spacial score (nSPS) is 18.5. The number of halogens is 1. The molecule has 0 bridgehead atoms. The molecule has 0 saturated carbocycles. The van der Waals surface area contributed by atoms with Crippen LogP contribution >= 0.6 is 12.4 Å². The maximum atomic E-state index is 10.8. The summed E-state index contributed by atoms with van der Waals surface area (Å²) in [5.74, 6) is 0.339. The Bertz CT molecular complexity index is 375. The number of carbonyl (C=O) groups is 1. The van der Waals surface area contributed by atoms with Crippen LogP contribution in [0.5, 0.6) is 0 Å². The van der Waals surface area contributed by atoms with Gasteiger partial charge in [-0.25, -0.2) is 0 Å². The molecule has 1 aromatic carbocycles. The van der Waals surface area contributed by atoms with Crippen LogP contribution in [0.25, 0.3) is 0 Å². The van der Waals surface area contributed by atoms with Crippen molar-refractivity contribution in [1.29, 1.82) is 0 Å². The lowest BCUT2D eigenvalue weighted by Crippen LogP contribution is -2.10. The number of ether oxygens (including phenoxy) is 1. The topological polar surface area (TPSA) is 38.3 Å². The third-order valence-corrected chi connectivity index (χ3v) is 2.99. The molecule has 1 fully saturated rings. The SMILES string of the molecule is CC(=O)OCc1ccccc1[C@@H]1CCNC1.Cl. The van der Waals surface area contributed by atoms with Crippen molar-refractivity contribution >= 4 is 18.4 Å². The van der Waals surface area contributed by atoms with Gasteiger partial charge in [0.05, 0.1) is 0 Å². The second-order valence-corrected chi connectivity index (χ2v) is 4.17. The van der Waals surface area contributed by atoms with E-state index in [4.69, 9.17) is 4.74 Å². The Morgan fingerprint density at radius 3 is 2.88 bits per heavy atom. The van der Waals surface area contributed by atoms with E-state index in [0.29, 0.717) is 12.5 Å². The number of nitrogens with one attached hydrogen (secondary N) is 1. The lowest BCUT2D eigenvalue weighted by atomic mass is 9.94. The van der Waals surface area contributed by atoms with Crippen LogP contribution in [0.15, 0.2) is 24.3 Å². The summed E-state index contributed by atoms with van der Waals surface area (Å²) in [7, 11) is 0. The molecule has 0 radical (unpaired) electrons. The molecule has 1 aliphatic rings. The standard InChI is InChI=1S/C13H17NO2.ClH/c1-10(15)16-9-12-4-2-3-5-13(12)11-6-7-14-8-11;/h2-5,11,14H,6-9H2,1H3;1H/t11-;/m1./s1. The number of esters is 1. The lowest BCUT2D eigenvalue weighted by Gasteiger charge is -2.14. The zero-order valence-electron chi connectivity index (χ0n) is 9.94. The Balaban J connectivity index is 0.00000144. The maximum absolute atomic E-state index is 10.8. The zero-order chi connectivity index (χ0) is 11.4. The molecule has 0 aliphatic carbocycles. The Morgan fingerprint density at radius 2 is 2.24 bits per heavy atom. The first-order valence-corrected chi connectivity index (χ1v) is 5.69. The summed E-state index contributed by atoms with van der Waals surface area (Å²) in [6.45, 7) is 3.94. The van der Waals surface area contributed by atoms with E-state index in [1.807, 2.05) is 18.2 Å². The summed E-state index contributed by atoms with van der Waals surface area (Å²) < 4.78 is 5.07. The molecule has 94 valence electrons. The molecule has 0 spiro atoms. The minimum absolute atomic E-state index is 0. The quantitative estimate of drug-likeness (QED) is 0.842. The van der Waals surface area contributed by atoms with Gasteiger partial charge >= 0.3 is 5.97 Å². The van der Waals surface area contributed by atoms with Crippen LogP contribution in [-0.2, 0) is 16.1 Å². The van der Waals surface area contributed by atoms with Crippen LogP contribution in [0.2, 0.25) is 0 Å². The van der Waals surface area contributed by atoms with Crippen LogP contribution in [0, 0.1) is 0 Å². The Labute approximate surface area is 108 Å². The minimum atomic E-state index is -0.223. The molecule has 0 aromatic heterocycles. The highest BCUT2D eigenvalue weighted by Gasteiger charge is 2.19. The fourth-order valence-electron chi connectivity index (χ4n) is 2.16. The number of benzene rings is 1. The largest absolute Gasteiger partial charge is 0.461 e. The van der Waals surface area contributed by atoms with Crippen LogP contribution in [0.1, 0.15) is 30.4 Å². The summed E-state index contributed by atoms with van der Waals surface area (Å²) in [5.41, 5.74) is 2.44. The Morgan fingerprint density at radius 1 is 1.47 bits per heavy atom. The predicted molar refractivity (Wildman–Crippen MR) is 69.4 cm³/mol. The van der Waals surface area contributed by atoms with Crippen molar-refractivity contribution in [1.82, 2.24) is 5.32 Å². The number of carbonyl (C=O) groups excluding carboxylic acids is 1. The summed E-state index contributed by atoms with van der Waals surface area (Å²) in [6.07, 6.45) is 1.16. The molecule has 1 N–H and O–H groups in total. The molecule has 3 nitrogen and oxygen atoms in total. The number of hydrogen-bond donors (Lipinski definition) is 1. The molecular formula is C13H18ClNO2. The van der Waals surface area contributed by atoms with Gasteiger partial charge in [0, 0.05) is 13.5 Å². The van der Waals surface area contributed by atoms with E-state index < -0.39 is 0 Å². The highest BCUT2D eigenvalue weighted by Crippen LogP contribution is 2.25. The van der Waals surface area contributed by atoms with E-state index in [9.17, 15) is 4.79 Å². The first-order chi connectivity index (χ1) is 7.77. The van der Waals surface area contributed by atoms with E-state index in [1.165, 1.54) is 12.5 Å². The molecule has 17 heavy (non-hydrogen) atoms. The second-order valence-electron chi connectivity index (χ2n) is 4.17. The van der Waals surface area contributed by atoms with Crippen molar-refractivity contribution in [2.75, 3.05) is 13.1 Å². The first kappa shape index (κ1) is 14.0. The number of rotatable bonds is 3. The van der Waals surface area contributed by atoms with Gasteiger partial charge in [0.15, 0.2) is 0 Å². The highest BCUT2D eigenvalue weighted by atomic mass is 35.5. The van der Waals surface area contributed by atoms with Crippen LogP contribution in [0.3, 0.4) is 0 Å². The van der Waals surface area contributed by atoms with Gasteiger partial charge in [-0.3, -0.25) is 4.79 Å². The minimum Gasteiger partial charge on any atom is -0.461 e. The highest BCUT2D eigenvalue weighted by molar-refractivity contribution is 5.85. The van der Waals surface area contributed by atoms with Gasteiger partial charge in [0.2, 0.25) is 0 Å². The van der Waals surface area contributed by atoms with Gasteiger partial charge < -0.3 is 10.1 Å². The molecule has 1 heterocycles. The smallest absolute Gasteiger partial charge is 0.302 e. The molecule has 1 aliphatic heterocycles. The third-order valence-electron chi connectivity index (χ3n) is 2.99. The van der Waals surface area contributed by atoms with Gasteiger partial charge in [-0.05, 0) is 30.0 Å². The lowest BCUT2D eigenvalue weighted by molar-refractivity contribution is -0.142. The van der Waals surface area contributed by atoms with Crippen LogP contribution in [0.4, 0.5) is 0 Å². The van der Waals surface area contributed by atoms with E-state index in [2.05, 4.69) is 11.4 Å². The summed E-state index contributed by atoms with van der Waals surface area (Å²) in [6, 6.07) is 8.21. The van der Waals surface area contributed by atoms with Crippen molar-refractivity contribution in [3.63, 3.8) is 0 Å². The van der Waals surface area contributed by atoms with E-state index >= 15 is 0 Å². The summed E-state index contributed by atoms with van der Waals surface area (Å²) in [5, 5.41) is 3.36. The maximum Gasteiger partial charge on any atom is 0.302 e. The van der Waals surface area contributed by atoms with Gasteiger partial charge in [0.1, 0.15) is 6.61 Å². The van der Waals surface area contributed by atoms with Crippen molar-refractivity contribution in [2.45, 2.75) is 25.9 Å². The first-order valence-electron chi connectivity index (χ1n) is 5.69. The van der Waals surface area contributed by atoms with E-state index in [1.54, 1.807) is 0 Å². The fraction of sp³-hybridized carbons (Fsp3) is 0.462. The molecule has 1 aromatic rings. The molecule has 4 heteroatoms. The van der Waals surface area contributed by atoms with Crippen molar-refractivity contribution in [2.24, 2.45) is 0 Å². The zero-order valence-corrected chi connectivity index (χ0v) is 10.8. The van der Waals surface area contributed by atoms with Gasteiger partial charge in [-0.2, -0.15) is 0 Å². The summed E-state index contributed by atoms with van der Waals surface area (Å²) in [4.78, 5) is 10.8. The third kappa shape index (κ3) is 3.72. The number of hydrogen-bond acceptors (Lipinski definition) is 3. The van der Waals surface area contributed by atoms with Crippen LogP contribution in [-0.4, -0.2) is 19.1 Å². The summed E-state index contributed by atoms with van der Waals surface area (Å²) >= 11 is 0. The Kier molecular flexibility index (Phi) is 5.45. The molecule has 0 unspecified atom stereocenters. The monoisotopic (exact) mass is 255 g/mol. The van der Waals surface area contributed by atoms with Gasteiger partial charge in [0.25, 0.3) is 0 Å². The molecular weight excluding hydrogens is 238 g/mol. The van der Waals surface area contributed by atoms with Gasteiger partial charge in [-0.1, -0.05) is 24.3 Å². The molecule has 2 rings (SSSR count). The fourth-order valence-corrected chi connectivity index (χ4v) is 2.16. The average Bonchev–Trinajstić information content (AvgIpc) is 2.80. The van der Waals surface area contributed by atoms with Crippen molar-refractivity contribution in [3.05, 3.63) is 35.4 Å². The van der Waals surface area contributed by atoms with Crippen LogP contribution < -0.4 is 5.32 Å². The Hall–Kier alpha value is -1.06. The van der Waals surface area contributed by atoms with E-state index in [-0.39, 0.29) is 18.4 Å². The van der Waals surface area contributed by atoms with Crippen molar-refractivity contribution < 1.29 is 9.53 Å². The molecule has 0 amide bonds. The van der Waals surface area contributed by atoms with Gasteiger partial charge in [-0.15, -0.1) is 12.4 Å². The van der Waals surface area contributed by atoms with Crippen molar-refractivity contribution in [3.8, 4) is 0 Å². The molecule has 1 saturated heterocycles.